The van der Waals surface area contributed by atoms with Crippen LogP contribution in [0, 0.1) is 0 Å². The van der Waals surface area contributed by atoms with E-state index in [0.717, 1.165) is 35.6 Å². The molecule has 7 nitrogen and oxygen atoms in total. The van der Waals surface area contributed by atoms with Gasteiger partial charge in [-0.3, -0.25) is 9.69 Å². The van der Waals surface area contributed by atoms with Gasteiger partial charge in [0.2, 0.25) is 6.79 Å². The lowest BCUT2D eigenvalue weighted by molar-refractivity contribution is 0.0983. The van der Waals surface area contributed by atoms with Crippen LogP contribution in [-0.4, -0.2) is 55.9 Å². The molecule has 2 aromatic carbocycles. The van der Waals surface area contributed by atoms with E-state index in [0.29, 0.717) is 28.7 Å². The third-order valence-corrected chi connectivity index (χ3v) is 6.26. The highest BCUT2D eigenvalue weighted by atomic mass is 32.1. The highest BCUT2D eigenvalue weighted by Crippen LogP contribution is 2.40. The first-order chi connectivity index (χ1) is 14.6. The van der Waals surface area contributed by atoms with Gasteiger partial charge >= 0.3 is 0 Å². The molecule has 0 spiro atoms. The van der Waals surface area contributed by atoms with Crippen LogP contribution in [0.1, 0.15) is 24.2 Å². The summed E-state index contributed by atoms with van der Waals surface area (Å²) in [6.07, 6.45) is 0. The van der Waals surface area contributed by atoms with Crippen LogP contribution in [-0.2, 0) is 0 Å². The topological polar surface area (TPSA) is 64.1 Å². The van der Waals surface area contributed by atoms with Gasteiger partial charge in [0.05, 0.1) is 17.3 Å². The number of benzene rings is 2. The number of hydrogen-bond donors (Lipinski definition) is 0. The fraction of sp³-hybridized carbons (Fsp3) is 0.364. The molecule has 0 saturated carbocycles. The maximum absolute atomic E-state index is 13.4. The first kappa shape index (κ1) is 20.4. The summed E-state index contributed by atoms with van der Waals surface area (Å²) in [7, 11) is 1.61. The van der Waals surface area contributed by atoms with Crippen LogP contribution in [0.2, 0.25) is 0 Å². The fourth-order valence-electron chi connectivity index (χ4n) is 3.38. The van der Waals surface area contributed by atoms with E-state index < -0.39 is 0 Å². The molecule has 0 atom stereocenters. The van der Waals surface area contributed by atoms with E-state index in [9.17, 15) is 4.79 Å². The number of methoxy groups -OCH3 is 1. The molecule has 0 aliphatic carbocycles. The van der Waals surface area contributed by atoms with E-state index >= 15 is 0 Å². The van der Waals surface area contributed by atoms with Crippen molar-refractivity contribution < 1.29 is 19.0 Å². The molecule has 30 heavy (non-hydrogen) atoms. The Labute approximate surface area is 179 Å². The number of carbonyl (C=O) groups excluding carboxylic acids is 1. The number of nitrogens with zero attached hydrogens (tertiary/aromatic N) is 3. The number of likely N-dealkylation sites (N-methyl/N-ethyl adjacent to an activating group) is 1. The maximum Gasteiger partial charge on any atom is 0.260 e. The molecule has 0 fully saturated rings. The first-order valence-corrected chi connectivity index (χ1v) is 10.8. The molecule has 3 aromatic rings. The lowest BCUT2D eigenvalue weighted by Crippen LogP contribution is -2.38. The molecule has 1 aliphatic rings. The largest absolute Gasteiger partial charge is 0.497 e. The second-order valence-corrected chi connectivity index (χ2v) is 7.89. The van der Waals surface area contributed by atoms with E-state index in [2.05, 4.69) is 18.7 Å². The average molecular weight is 428 g/mol. The van der Waals surface area contributed by atoms with Crippen molar-refractivity contribution in [3.8, 4) is 17.2 Å². The summed E-state index contributed by atoms with van der Waals surface area (Å²) in [5, 5.41) is 0.668. The van der Waals surface area contributed by atoms with Gasteiger partial charge in [0.25, 0.3) is 5.91 Å². The Balaban J connectivity index is 1.66. The fourth-order valence-corrected chi connectivity index (χ4v) is 4.38. The van der Waals surface area contributed by atoms with Crippen molar-refractivity contribution >= 4 is 32.6 Å². The summed E-state index contributed by atoms with van der Waals surface area (Å²) in [6.45, 7) is 7.67. The van der Waals surface area contributed by atoms with Gasteiger partial charge in [-0.05, 0) is 37.4 Å². The van der Waals surface area contributed by atoms with Crippen molar-refractivity contribution in [2.75, 3.05) is 45.0 Å². The van der Waals surface area contributed by atoms with Crippen molar-refractivity contribution in [3.63, 3.8) is 0 Å². The Morgan fingerprint density at radius 3 is 2.47 bits per heavy atom. The summed E-state index contributed by atoms with van der Waals surface area (Å²) in [6, 6.07) is 11.0. The van der Waals surface area contributed by atoms with Gasteiger partial charge in [-0.2, -0.15) is 0 Å². The van der Waals surface area contributed by atoms with Crippen LogP contribution in [0.25, 0.3) is 10.2 Å². The Kier molecular flexibility index (Phi) is 6.06. The maximum atomic E-state index is 13.4. The molecule has 1 amide bonds. The Morgan fingerprint density at radius 1 is 1.10 bits per heavy atom. The molecule has 0 bridgehead atoms. The molecule has 158 valence electrons. The number of aromatic nitrogens is 1. The van der Waals surface area contributed by atoms with Gasteiger partial charge in [-0.1, -0.05) is 25.2 Å². The summed E-state index contributed by atoms with van der Waals surface area (Å²) in [4.78, 5) is 22.2. The smallest absolute Gasteiger partial charge is 0.260 e. The summed E-state index contributed by atoms with van der Waals surface area (Å²) < 4.78 is 17.1. The predicted molar refractivity (Wildman–Crippen MR) is 118 cm³/mol. The molecule has 0 N–H and O–H groups in total. The molecule has 1 aromatic heterocycles. The molecule has 8 heteroatoms. The number of carbonyl (C=O) groups is 1. The van der Waals surface area contributed by atoms with Gasteiger partial charge in [0.15, 0.2) is 16.6 Å². The van der Waals surface area contributed by atoms with E-state index in [1.807, 2.05) is 12.1 Å². The Bertz CT molecular complexity index is 990. The summed E-state index contributed by atoms with van der Waals surface area (Å²) in [5.74, 6) is 2.05. The molecule has 0 unspecified atom stereocenters. The van der Waals surface area contributed by atoms with Crippen LogP contribution >= 0.6 is 11.3 Å². The molecule has 4 rings (SSSR count). The van der Waals surface area contributed by atoms with Crippen LogP contribution in [0.15, 0.2) is 36.4 Å². The van der Waals surface area contributed by atoms with Crippen LogP contribution in [0.5, 0.6) is 17.2 Å². The van der Waals surface area contributed by atoms with Crippen molar-refractivity contribution in [1.82, 2.24) is 9.88 Å². The Hall–Kier alpha value is -2.84. The van der Waals surface area contributed by atoms with Gasteiger partial charge in [0, 0.05) is 30.8 Å². The number of amides is 1. The molecular formula is C22H25N3O4S. The molecule has 1 aliphatic heterocycles. The molecule has 2 heterocycles. The lowest BCUT2D eigenvalue weighted by atomic mass is 10.2. The van der Waals surface area contributed by atoms with Crippen molar-refractivity contribution in [2.45, 2.75) is 13.8 Å². The van der Waals surface area contributed by atoms with Crippen molar-refractivity contribution in [3.05, 3.63) is 42.0 Å². The zero-order chi connectivity index (χ0) is 21.1. The second kappa shape index (κ2) is 8.89. The quantitative estimate of drug-likeness (QED) is 0.541. The zero-order valence-electron chi connectivity index (χ0n) is 17.4. The van der Waals surface area contributed by atoms with Gasteiger partial charge in [0.1, 0.15) is 5.75 Å². The van der Waals surface area contributed by atoms with Crippen LogP contribution in [0.3, 0.4) is 0 Å². The third kappa shape index (κ3) is 4.06. The average Bonchev–Trinajstić information content (AvgIpc) is 3.40. The SMILES string of the molecule is CCN(CC)CCN(C(=O)c1ccc(OC)cc1)c1nc2cc3c(cc2s1)OCO3. The minimum Gasteiger partial charge on any atom is -0.497 e. The van der Waals surface area contributed by atoms with E-state index in [1.165, 1.54) is 11.3 Å². The van der Waals surface area contributed by atoms with Gasteiger partial charge < -0.3 is 19.1 Å². The van der Waals surface area contributed by atoms with Crippen LogP contribution in [0.4, 0.5) is 5.13 Å². The molecule has 0 radical (unpaired) electrons. The lowest BCUT2D eigenvalue weighted by Gasteiger charge is -2.24. The minimum atomic E-state index is -0.0797. The van der Waals surface area contributed by atoms with Gasteiger partial charge in [-0.15, -0.1) is 0 Å². The Morgan fingerprint density at radius 2 is 1.80 bits per heavy atom. The van der Waals surface area contributed by atoms with E-state index in [4.69, 9.17) is 19.2 Å². The second-order valence-electron chi connectivity index (χ2n) is 6.88. The first-order valence-electron chi connectivity index (χ1n) is 10.0. The van der Waals surface area contributed by atoms with Crippen LogP contribution < -0.4 is 19.1 Å². The highest BCUT2D eigenvalue weighted by Gasteiger charge is 2.23. The highest BCUT2D eigenvalue weighted by molar-refractivity contribution is 7.22. The van der Waals surface area contributed by atoms with Crippen molar-refractivity contribution in [2.24, 2.45) is 0 Å². The molecule has 0 saturated heterocycles. The third-order valence-electron chi connectivity index (χ3n) is 5.22. The standard InChI is InChI=1S/C22H25N3O4S/c1-4-24(5-2)10-11-25(21(26)15-6-8-16(27-3)9-7-15)22-23-17-12-18-19(29-14-28-18)13-20(17)30-22/h6-9,12-13H,4-5,10-11,14H2,1-3H3. The van der Waals surface area contributed by atoms with E-state index in [-0.39, 0.29) is 12.7 Å². The van der Waals surface area contributed by atoms with E-state index in [1.54, 1.807) is 36.3 Å². The minimum absolute atomic E-state index is 0.0797. The number of thiazole rings is 1. The van der Waals surface area contributed by atoms with Crippen molar-refractivity contribution in [1.29, 1.82) is 0 Å². The molecular weight excluding hydrogens is 402 g/mol. The summed E-state index contributed by atoms with van der Waals surface area (Å²) in [5.41, 5.74) is 1.40. The zero-order valence-corrected chi connectivity index (χ0v) is 18.2. The monoisotopic (exact) mass is 427 g/mol. The van der Waals surface area contributed by atoms with Gasteiger partial charge in [-0.25, -0.2) is 4.98 Å². The normalized spacial score (nSPS) is 12.5. The number of ether oxygens (including phenoxy) is 3. The summed E-state index contributed by atoms with van der Waals surface area (Å²) >= 11 is 1.48. The number of anilines is 1. The number of rotatable bonds is 8. The predicted octanol–water partition coefficient (Wildman–Crippen LogP) is 4.02. The number of hydrogen-bond acceptors (Lipinski definition) is 7. The number of fused-ring (bicyclic) bond motifs is 2.